The Morgan fingerprint density at radius 1 is 0.957 bits per heavy atom. The topological polar surface area (TPSA) is 98.4 Å². The van der Waals surface area contributed by atoms with Gasteiger partial charge in [0.2, 0.25) is 0 Å². The van der Waals surface area contributed by atoms with Crippen LogP contribution in [-0.2, 0) is 6.42 Å². The van der Waals surface area contributed by atoms with Crippen LogP contribution in [0.25, 0.3) is 55.8 Å². The Morgan fingerprint density at radius 3 is 2.68 bits per heavy atom. The van der Waals surface area contributed by atoms with E-state index in [1.165, 1.54) is 38.2 Å². The number of fused-ring (bicyclic) bond motifs is 2. The number of aromatic nitrogens is 6. The highest BCUT2D eigenvalue weighted by Crippen LogP contribution is 2.34. The fourth-order valence-electron chi connectivity index (χ4n) is 6.82. The normalized spacial score (nSPS) is 14.0. The minimum atomic E-state index is -0.273. The average molecular weight is 629 g/mol. The van der Waals surface area contributed by atoms with E-state index in [9.17, 15) is 4.39 Å². The molecule has 0 unspecified atom stereocenters. The van der Waals surface area contributed by atoms with Crippen molar-refractivity contribution >= 4 is 27.6 Å². The molecule has 1 aliphatic rings. The molecule has 7 rings (SSSR count). The van der Waals surface area contributed by atoms with Gasteiger partial charge in [-0.25, -0.2) is 9.37 Å². The molecule has 0 radical (unpaired) electrons. The Bertz CT molecular complexity index is 2030. The monoisotopic (exact) mass is 628 g/mol. The molecule has 2 aromatic carbocycles. The van der Waals surface area contributed by atoms with Crippen LogP contribution in [0, 0.1) is 11.7 Å². The summed E-state index contributed by atoms with van der Waals surface area (Å²) in [6.07, 6.45) is 14.8. The van der Waals surface area contributed by atoms with Crippen LogP contribution in [0.5, 0.6) is 0 Å². The van der Waals surface area contributed by atoms with Gasteiger partial charge < -0.3 is 15.2 Å². The molecule has 4 heterocycles. The second-order valence-corrected chi connectivity index (χ2v) is 13.1. The molecule has 0 saturated heterocycles. The maximum Gasteiger partial charge on any atom is 0.159 e. The van der Waals surface area contributed by atoms with Crippen molar-refractivity contribution in [1.82, 2.24) is 35.0 Å². The summed E-state index contributed by atoms with van der Waals surface area (Å²) in [5, 5.41) is 12.2. The Balaban J connectivity index is 1.16. The van der Waals surface area contributed by atoms with Gasteiger partial charge in [0.15, 0.2) is 5.82 Å². The zero-order valence-electron chi connectivity index (χ0n) is 27.1. The number of anilines is 1. The highest BCUT2D eigenvalue weighted by atomic mass is 19.1. The number of benzene rings is 2. The highest BCUT2D eigenvalue weighted by molar-refractivity contribution is 5.97. The Kier molecular flexibility index (Phi) is 8.80. The molecule has 0 amide bonds. The molecular weight excluding hydrogens is 587 g/mol. The van der Waals surface area contributed by atoms with E-state index in [-0.39, 0.29) is 5.82 Å². The molecule has 9 heteroatoms. The van der Waals surface area contributed by atoms with Gasteiger partial charge in [0.05, 0.1) is 28.6 Å². The predicted octanol–water partition coefficient (Wildman–Crippen LogP) is 8.76. The maximum absolute atomic E-state index is 14.8. The number of hydrogen-bond acceptors (Lipinski definition) is 6. The second-order valence-electron chi connectivity index (χ2n) is 13.1. The summed E-state index contributed by atoms with van der Waals surface area (Å²) < 4.78 is 14.8. The first-order valence-electron chi connectivity index (χ1n) is 16.6. The molecule has 4 aromatic heterocycles. The van der Waals surface area contributed by atoms with Crippen LogP contribution in [0.3, 0.4) is 0 Å². The van der Waals surface area contributed by atoms with Crippen molar-refractivity contribution in [3.63, 3.8) is 0 Å². The minimum absolute atomic E-state index is 0.273. The largest absolute Gasteiger partial charge is 0.358 e. The zero-order valence-corrected chi connectivity index (χ0v) is 27.1. The molecule has 0 bridgehead atoms. The van der Waals surface area contributed by atoms with E-state index in [2.05, 4.69) is 60.1 Å². The number of halogens is 1. The lowest BCUT2D eigenvalue weighted by atomic mass is 9.86. The Hall–Kier alpha value is -4.89. The lowest BCUT2D eigenvalue weighted by Crippen LogP contribution is -2.13. The number of allylic oxidation sites excluding steroid dienone is 1. The van der Waals surface area contributed by atoms with E-state index >= 15 is 0 Å². The van der Waals surface area contributed by atoms with Gasteiger partial charge in [-0.2, -0.15) is 5.10 Å². The van der Waals surface area contributed by atoms with E-state index in [0.29, 0.717) is 28.3 Å². The number of aromatic amines is 2. The molecule has 1 aliphatic carbocycles. The van der Waals surface area contributed by atoms with Crippen LogP contribution in [0.4, 0.5) is 10.1 Å². The number of rotatable bonds is 11. The molecule has 8 nitrogen and oxygen atoms in total. The Labute approximate surface area is 274 Å². The summed E-state index contributed by atoms with van der Waals surface area (Å²) in [6, 6.07) is 15.4. The summed E-state index contributed by atoms with van der Waals surface area (Å²) in [5.41, 5.74) is 9.39. The van der Waals surface area contributed by atoms with E-state index in [1.54, 1.807) is 12.3 Å². The third kappa shape index (κ3) is 6.95. The van der Waals surface area contributed by atoms with Crippen LogP contribution in [-0.4, -0.2) is 55.7 Å². The lowest BCUT2D eigenvalue weighted by Gasteiger charge is -2.22. The van der Waals surface area contributed by atoms with Crippen LogP contribution in [0.15, 0.2) is 79.4 Å². The van der Waals surface area contributed by atoms with Crippen molar-refractivity contribution in [2.75, 3.05) is 26.0 Å². The minimum Gasteiger partial charge on any atom is -0.358 e. The molecule has 6 aromatic rings. The van der Waals surface area contributed by atoms with Crippen molar-refractivity contribution in [2.45, 2.75) is 51.4 Å². The first kappa shape index (κ1) is 30.7. The van der Waals surface area contributed by atoms with Gasteiger partial charge in [-0.05, 0) is 99.4 Å². The molecular formula is C38H41FN8. The molecule has 240 valence electrons. The summed E-state index contributed by atoms with van der Waals surface area (Å²) >= 11 is 0. The van der Waals surface area contributed by atoms with Gasteiger partial charge in [-0.3, -0.25) is 15.1 Å². The number of aryl methyl sites for hydroxylation is 1. The molecule has 1 saturated carbocycles. The van der Waals surface area contributed by atoms with Crippen LogP contribution in [0.1, 0.15) is 50.5 Å². The fourth-order valence-corrected chi connectivity index (χ4v) is 6.82. The third-order valence-electron chi connectivity index (χ3n) is 9.14. The van der Waals surface area contributed by atoms with Crippen LogP contribution in [0.2, 0.25) is 0 Å². The molecule has 47 heavy (non-hydrogen) atoms. The summed E-state index contributed by atoms with van der Waals surface area (Å²) in [6.45, 7) is 5.25. The van der Waals surface area contributed by atoms with Crippen molar-refractivity contribution in [2.24, 2.45) is 5.92 Å². The maximum atomic E-state index is 14.8. The van der Waals surface area contributed by atoms with E-state index in [4.69, 9.17) is 4.98 Å². The van der Waals surface area contributed by atoms with E-state index < -0.39 is 0 Å². The summed E-state index contributed by atoms with van der Waals surface area (Å²) in [7, 11) is 4.09. The quantitative estimate of drug-likeness (QED) is 0.133. The number of pyridine rings is 2. The second kappa shape index (κ2) is 13.5. The fraction of sp³-hybridized carbons (Fsp3) is 0.316. The third-order valence-corrected chi connectivity index (χ3v) is 9.14. The van der Waals surface area contributed by atoms with Crippen molar-refractivity contribution in [1.29, 1.82) is 0 Å². The smallest absolute Gasteiger partial charge is 0.159 e. The standard InChI is InChI=1S/C38H41FN8/c1-24(16-25-8-5-4-6-9-25)42-31-20-29(22-40-23-31)27-11-12-33-32(21-27)36(46-45-33)38-43-34-13-14-41-35(37(34)44-38)28-17-26(18-30(39)19-28)10-7-15-47(2)3/h11-14,17-23,25,42H,1,4-10,15-16H2,2-3H3,(H,43,44)(H,45,46). The molecule has 1 fully saturated rings. The van der Waals surface area contributed by atoms with Gasteiger partial charge >= 0.3 is 0 Å². The SMILES string of the molecule is C=C(CC1CCCCC1)Nc1cncc(-c2ccc3[nH]nc(-c4nc5c(-c6cc(F)cc(CCCN(C)C)c6)nccc5[nH]4)c3c2)c1. The highest BCUT2D eigenvalue weighted by Gasteiger charge is 2.18. The average Bonchev–Trinajstić information content (AvgIpc) is 3.69. The molecule has 0 atom stereocenters. The van der Waals surface area contributed by atoms with Crippen molar-refractivity contribution in [3.8, 4) is 33.9 Å². The number of hydrogen-bond donors (Lipinski definition) is 3. The summed E-state index contributed by atoms with van der Waals surface area (Å²) in [4.78, 5) is 19.7. The van der Waals surface area contributed by atoms with Gasteiger partial charge in [-0.1, -0.05) is 44.7 Å². The zero-order chi connectivity index (χ0) is 32.3. The first-order valence-corrected chi connectivity index (χ1v) is 16.6. The number of nitrogens with zero attached hydrogens (tertiary/aromatic N) is 5. The van der Waals surface area contributed by atoms with Crippen LogP contribution < -0.4 is 5.32 Å². The van der Waals surface area contributed by atoms with Gasteiger partial charge in [0.1, 0.15) is 17.0 Å². The number of H-pyrrole nitrogens is 2. The van der Waals surface area contributed by atoms with Gasteiger partial charge in [-0.15, -0.1) is 0 Å². The van der Waals surface area contributed by atoms with Gasteiger partial charge in [0.25, 0.3) is 0 Å². The van der Waals surface area contributed by atoms with Crippen molar-refractivity contribution < 1.29 is 4.39 Å². The van der Waals surface area contributed by atoms with Gasteiger partial charge in [0, 0.05) is 34.6 Å². The molecule has 0 spiro atoms. The number of imidazole rings is 1. The lowest BCUT2D eigenvalue weighted by molar-refractivity contribution is 0.357. The predicted molar refractivity (Wildman–Crippen MR) is 188 cm³/mol. The van der Waals surface area contributed by atoms with E-state index in [1.807, 2.05) is 44.7 Å². The van der Waals surface area contributed by atoms with Crippen LogP contribution >= 0.6 is 0 Å². The molecule has 0 aliphatic heterocycles. The van der Waals surface area contributed by atoms with E-state index in [0.717, 1.165) is 76.2 Å². The molecule has 3 N–H and O–H groups in total. The summed E-state index contributed by atoms with van der Waals surface area (Å²) in [5.74, 6) is 1.06. The van der Waals surface area contributed by atoms with Crippen molar-refractivity contribution in [3.05, 3.63) is 90.8 Å². The Morgan fingerprint density at radius 2 is 1.83 bits per heavy atom. The first-order chi connectivity index (χ1) is 22.9. The number of nitrogens with one attached hydrogen (secondary N) is 3.